The average Bonchev–Trinajstić information content (AvgIpc) is 3.73. The minimum Gasteiger partial charge on any atom is -0.461 e. The molecule has 57 heavy (non-hydrogen) atoms. The number of pyridine rings is 1. The van der Waals surface area contributed by atoms with Crippen LogP contribution in [0.25, 0.3) is 22.0 Å². The summed E-state index contributed by atoms with van der Waals surface area (Å²) in [5.74, 6) is -1.67. The molecule has 300 valence electrons. The highest BCUT2D eigenvalue weighted by Crippen LogP contribution is 2.43. The lowest BCUT2D eigenvalue weighted by molar-refractivity contribution is -0.122. The number of esters is 1. The predicted octanol–water partition coefficient (Wildman–Crippen LogP) is 5.57. The molecule has 3 aromatic heterocycles. The number of nitrogens with one attached hydrogen (secondary N) is 2. The topological polar surface area (TPSA) is 170 Å². The van der Waals surface area contributed by atoms with E-state index in [9.17, 15) is 31.9 Å². The van der Waals surface area contributed by atoms with E-state index in [0.29, 0.717) is 22.7 Å². The van der Waals surface area contributed by atoms with Crippen LogP contribution in [0, 0.1) is 23.5 Å². The summed E-state index contributed by atoms with van der Waals surface area (Å²) in [7, 11) is -2.27. The summed E-state index contributed by atoms with van der Waals surface area (Å²) in [5, 5.41) is 21.8. The molecule has 0 radical (unpaired) electrons. The van der Waals surface area contributed by atoms with Crippen LogP contribution in [-0.2, 0) is 51.9 Å². The Labute approximate surface area is 329 Å². The first-order valence-corrected chi connectivity index (χ1v) is 19.7. The lowest BCUT2D eigenvalue weighted by atomic mass is 9.93. The number of carbonyl (C=O) groups excluding carboxylic acids is 2. The van der Waals surface area contributed by atoms with E-state index in [4.69, 9.17) is 21.3 Å². The molecule has 6 rings (SSSR count). The maximum absolute atomic E-state index is 15.2. The summed E-state index contributed by atoms with van der Waals surface area (Å²) in [5.41, 5.74) is -1.15. The van der Waals surface area contributed by atoms with Gasteiger partial charge in [-0.25, -0.2) is 27.0 Å². The number of rotatable bonds is 11. The van der Waals surface area contributed by atoms with E-state index in [2.05, 4.69) is 32.1 Å². The SMILES string of the molecule is CCOC(=O)c1nn(CC(=O)NC(Cc2cc(F)cc(F)c2)c2nc(C#CC(C)(C)O)ccc2-c2ccc(Cl)c3c(NS(C)(=O)=O)nn(C)c23)c2c1CCC2(F)F. The zero-order valence-corrected chi connectivity index (χ0v) is 32.7. The van der Waals surface area contributed by atoms with Gasteiger partial charge < -0.3 is 15.2 Å². The van der Waals surface area contributed by atoms with Gasteiger partial charge >= 0.3 is 5.97 Å². The van der Waals surface area contributed by atoms with Gasteiger partial charge in [-0.05, 0) is 75.4 Å². The molecule has 2 aromatic carbocycles. The minimum atomic E-state index is -3.81. The summed E-state index contributed by atoms with van der Waals surface area (Å²) >= 11 is 6.59. The van der Waals surface area contributed by atoms with Crippen molar-refractivity contribution in [3.63, 3.8) is 0 Å². The number of sulfonamides is 1. The second kappa shape index (κ2) is 15.4. The van der Waals surface area contributed by atoms with Gasteiger partial charge in [0.15, 0.2) is 11.5 Å². The molecule has 0 bridgehead atoms. The smallest absolute Gasteiger partial charge is 0.359 e. The molecule has 3 heterocycles. The zero-order chi connectivity index (χ0) is 41.6. The number of ether oxygens (including phenoxy) is 1. The van der Waals surface area contributed by atoms with Crippen molar-refractivity contribution in [2.24, 2.45) is 7.05 Å². The largest absolute Gasteiger partial charge is 0.461 e. The van der Waals surface area contributed by atoms with Crippen LogP contribution in [0.2, 0.25) is 5.02 Å². The number of carbonyl (C=O) groups is 2. The van der Waals surface area contributed by atoms with E-state index in [1.807, 2.05) is 0 Å². The fourth-order valence-electron chi connectivity index (χ4n) is 6.68. The van der Waals surface area contributed by atoms with Crippen molar-refractivity contribution < 1.29 is 45.4 Å². The van der Waals surface area contributed by atoms with Gasteiger partial charge in [-0.1, -0.05) is 23.6 Å². The quantitative estimate of drug-likeness (QED) is 0.0875. The third-order valence-corrected chi connectivity index (χ3v) is 9.69. The van der Waals surface area contributed by atoms with Crippen LogP contribution in [0.5, 0.6) is 0 Å². The first kappa shape index (κ1) is 41.1. The normalized spacial score (nSPS) is 14.2. The third-order valence-electron chi connectivity index (χ3n) is 8.81. The van der Waals surface area contributed by atoms with Crippen molar-refractivity contribution in [3.8, 4) is 23.0 Å². The maximum atomic E-state index is 15.2. The second-order valence-corrected chi connectivity index (χ2v) is 16.1. The van der Waals surface area contributed by atoms with Crippen molar-refractivity contribution in [2.45, 2.75) is 64.1 Å². The Morgan fingerprint density at radius 1 is 1.11 bits per heavy atom. The first-order valence-electron chi connectivity index (χ1n) is 17.4. The Bertz CT molecular complexity index is 2590. The number of aryl methyl sites for hydroxylation is 1. The maximum Gasteiger partial charge on any atom is 0.359 e. The number of hydrogen-bond donors (Lipinski definition) is 3. The first-order chi connectivity index (χ1) is 26.6. The van der Waals surface area contributed by atoms with E-state index in [1.54, 1.807) is 26.1 Å². The van der Waals surface area contributed by atoms with E-state index in [1.165, 1.54) is 30.7 Å². The Morgan fingerprint density at radius 3 is 2.44 bits per heavy atom. The number of aromatic nitrogens is 5. The van der Waals surface area contributed by atoms with Gasteiger partial charge in [0.1, 0.15) is 35.2 Å². The van der Waals surface area contributed by atoms with Crippen molar-refractivity contribution in [3.05, 3.63) is 93.0 Å². The van der Waals surface area contributed by atoms with Crippen LogP contribution in [0.3, 0.4) is 0 Å². The molecular weight excluding hydrogens is 794 g/mol. The van der Waals surface area contributed by atoms with Crippen LogP contribution < -0.4 is 10.0 Å². The number of aliphatic hydroxyl groups is 1. The molecule has 0 saturated carbocycles. The van der Waals surface area contributed by atoms with Gasteiger partial charge in [0.2, 0.25) is 15.9 Å². The number of nitrogens with zero attached hydrogens (tertiary/aromatic N) is 5. The van der Waals surface area contributed by atoms with E-state index in [0.717, 1.165) is 23.1 Å². The van der Waals surface area contributed by atoms with E-state index < -0.39 is 69.8 Å². The number of alkyl halides is 2. The highest BCUT2D eigenvalue weighted by Gasteiger charge is 2.46. The molecule has 1 unspecified atom stereocenters. The van der Waals surface area contributed by atoms with Crippen LogP contribution in [0.1, 0.15) is 71.9 Å². The van der Waals surface area contributed by atoms with Gasteiger partial charge in [0.25, 0.3) is 5.92 Å². The van der Waals surface area contributed by atoms with E-state index in [-0.39, 0.29) is 63.9 Å². The molecule has 0 fully saturated rings. The summed E-state index contributed by atoms with van der Waals surface area (Å²) in [4.78, 5) is 31.4. The number of anilines is 1. The van der Waals surface area contributed by atoms with Crippen molar-refractivity contribution in [2.75, 3.05) is 17.6 Å². The van der Waals surface area contributed by atoms with Gasteiger partial charge in [0, 0.05) is 36.2 Å². The zero-order valence-electron chi connectivity index (χ0n) is 31.2. The Hall–Kier alpha value is -5.51. The number of benzene rings is 2. The molecular formula is C38H36ClF4N7O6S. The molecule has 1 aliphatic rings. The summed E-state index contributed by atoms with van der Waals surface area (Å²) < 4.78 is 93.6. The fraction of sp³-hybridized carbons (Fsp3) is 0.342. The standard InChI is InChI=1S/C38H36ClF4N7O6S/c1-6-56-36(52)32-26-12-14-38(42,43)34(26)50(46-32)19-29(51)45-28(17-20-15-21(40)18-22(41)16-20)31-24(8-7-23(44-31)11-13-37(2,3)53)25-9-10-27(39)30-33(25)49(4)47-35(30)48-57(5,54)55/h7-10,15-16,18,28,53H,6,12,14,17,19H2,1-5H3,(H,45,51)(H,47,48). The van der Waals surface area contributed by atoms with Gasteiger partial charge in [0.05, 0.1) is 40.5 Å². The molecule has 1 atom stereocenters. The highest BCUT2D eigenvalue weighted by molar-refractivity contribution is 7.92. The highest BCUT2D eigenvalue weighted by atomic mass is 35.5. The summed E-state index contributed by atoms with van der Waals surface area (Å²) in [6.07, 6.45) is -0.145. The number of halogens is 5. The fourth-order valence-corrected chi connectivity index (χ4v) is 7.41. The molecule has 0 aliphatic heterocycles. The lowest BCUT2D eigenvalue weighted by Crippen LogP contribution is -2.35. The monoisotopic (exact) mass is 829 g/mol. The number of amides is 1. The Morgan fingerprint density at radius 2 is 1.79 bits per heavy atom. The predicted molar refractivity (Wildman–Crippen MR) is 202 cm³/mol. The van der Waals surface area contributed by atoms with Crippen molar-refractivity contribution in [1.29, 1.82) is 0 Å². The Kier molecular flexibility index (Phi) is 11.1. The number of fused-ring (bicyclic) bond motifs is 2. The molecule has 3 N–H and O–H groups in total. The van der Waals surface area contributed by atoms with Crippen LogP contribution in [0.4, 0.5) is 23.4 Å². The molecule has 0 saturated heterocycles. The molecule has 5 aromatic rings. The molecule has 19 heteroatoms. The Balaban J connectivity index is 1.53. The van der Waals surface area contributed by atoms with Crippen LogP contribution in [0.15, 0.2) is 42.5 Å². The van der Waals surface area contributed by atoms with E-state index >= 15 is 8.78 Å². The molecule has 0 spiro atoms. The minimum absolute atomic E-state index is 0.0345. The van der Waals surface area contributed by atoms with Crippen molar-refractivity contribution >= 4 is 50.2 Å². The number of hydrogen-bond acceptors (Lipinski definition) is 9. The summed E-state index contributed by atoms with van der Waals surface area (Å²) in [6, 6.07) is 7.72. The third kappa shape index (κ3) is 9.06. The van der Waals surface area contributed by atoms with Crippen LogP contribution in [-0.4, -0.2) is 68.4 Å². The molecule has 1 amide bonds. The van der Waals surface area contributed by atoms with Gasteiger partial charge in [-0.15, -0.1) is 0 Å². The van der Waals surface area contributed by atoms with Crippen LogP contribution >= 0.6 is 11.6 Å². The molecule has 13 nitrogen and oxygen atoms in total. The second-order valence-electron chi connectivity index (χ2n) is 14.0. The molecule has 1 aliphatic carbocycles. The summed E-state index contributed by atoms with van der Waals surface area (Å²) in [6.45, 7) is 3.61. The average molecular weight is 830 g/mol. The van der Waals surface area contributed by atoms with Gasteiger partial charge in [-0.2, -0.15) is 19.0 Å². The van der Waals surface area contributed by atoms with Gasteiger partial charge in [-0.3, -0.25) is 18.9 Å². The van der Waals surface area contributed by atoms with Crippen molar-refractivity contribution in [1.82, 2.24) is 29.9 Å². The lowest BCUT2D eigenvalue weighted by Gasteiger charge is -2.23.